The van der Waals surface area contributed by atoms with Crippen molar-refractivity contribution >= 4 is 17.5 Å². The van der Waals surface area contributed by atoms with Crippen LogP contribution in [-0.4, -0.2) is 18.1 Å². The van der Waals surface area contributed by atoms with Crippen LogP contribution in [-0.2, 0) is 4.79 Å². The summed E-state index contributed by atoms with van der Waals surface area (Å²) >= 11 is 4.86. The van der Waals surface area contributed by atoms with E-state index in [-0.39, 0.29) is 0 Å². The fourth-order valence-electron chi connectivity index (χ4n) is 0.664. The third kappa shape index (κ3) is 6.10. The van der Waals surface area contributed by atoms with Crippen molar-refractivity contribution in [3.63, 3.8) is 0 Å². The maximum atomic E-state index is 12.0. The Morgan fingerprint density at radius 1 is 1.64 bits per heavy atom. The monoisotopic (exact) mass is 181 g/mol. The van der Waals surface area contributed by atoms with Gasteiger partial charge in [-0.25, -0.2) is 4.39 Å². The number of halogens is 2. The van der Waals surface area contributed by atoms with Crippen molar-refractivity contribution in [3.05, 3.63) is 0 Å². The van der Waals surface area contributed by atoms with Gasteiger partial charge < -0.3 is 5.32 Å². The molecular formula is C7H13ClFNO. The van der Waals surface area contributed by atoms with Crippen LogP contribution in [0.2, 0.25) is 0 Å². The highest BCUT2D eigenvalue weighted by molar-refractivity contribution is 6.29. The zero-order valence-electron chi connectivity index (χ0n) is 6.57. The molecule has 0 radical (unpaired) electrons. The Bertz CT molecular complexity index is 119. The molecular weight excluding hydrogens is 169 g/mol. The van der Waals surface area contributed by atoms with Gasteiger partial charge in [-0.2, -0.15) is 0 Å². The van der Waals surface area contributed by atoms with Gasteiger partial charge in [0, 0.05) is 6.54 Å². The summed E-state index contributed by atoms with van der Waals surface area (Å²) in [6.07, 6.45) is 3.00. The molecule has 0 heterocycles. The molecule has 0 spiro atoms. The summed E-state index contributed by atoms with van der Waals surface area (Å²) in [4.78, 5) is 10.5. The number of alkyl halides is 2. The van der Waals surface area contributed by atoms with Gasteiger partial charge in [-0.1, -0.05) is 31.4 Å². The predicted molar refractivity (Wildman–Crippen MR) is 43.3 cm³/mol. The Labute approximate surface area is 71.1 Å². The molecule has 4 heteroatoms. The molecule has 66 valence electrons. The minimum atomic E-state index is -1.91. The zero-order chi connectivity index (χ0) is 8.69. The van der Waals surface area contributed by atoms with Gasteiger partial charge in [0.2, 0.25) is 0 Å². The van der Waals surface area contributed by atoms with Crippen LogP contribution in [0.5, 0.6) is 0 Å². The lowest BCUT2D eigenvalue weighted by Crippen LogP contribution is -2.29. The van der Waals surface area contributed by atoms with Gasteiger partial charge >= 0.3 is 0 Å². The van der Waals surface area contributed by atoms with E-state index in [0.29, 0.717) is 6.54 Å². The largest absolute Gasteiger partial charge is 0.352 e. The predicted octanol–water partition coefficient (Wildman–Crippen LogP) is 1.83. The van der Waals surface area contributed by atoms with Gasteiger partial charge in [-0.05, 0) is 6.42 Å². The molecule has 0 fully saturated rings. The van der Waals surface area contributed by atoms with E-state index >= 15 is 0 Å². The van der Waals surface area contributed by atoms with Crippen molar-refractivity contribution in [2.75, 3.05) is 6.54 Å². The Hall–Kier alpha value is -0.310. The molecule has 1 atom stereocenters. The highest BCUT2D eigenvalue weighted by Crippen LogP contribution is 1.96. The molecule has 0 aromatic carbocycles. The van der Waals surface area contributed by atoms with E-state index in [0.717, 1.165) is 19.3 Å². The quantitative estimate of drug-likeness (QED) is 0.509. The van der Waals surface area contributed by atoms with Gasteiger partial charge in [0.25, 0.3) is 11.5 Å². The topological polar surface area (TPSA) is 29.1 Å². The van der Waals surface area contributed by atoms with Crippen LogP contribution >= 0.6 is 11.6 Å². The number of carbonyl (C=O) groups excluding carboxylic acids is 1. The van der Waals surface area contributed by atoms with Gasteiger partial charge in [-0.3, -0.25) is 4.79 Å². The normalized spacial score (nSPS) is 12.6. The first kappa shape index (κ1) is 10.7. The third-order valence-corrected chi connectivity index (χ3v) is 1.48. The SMILES string of the molecule is CCCCCNC(=O)C(F)Cl. The van der Waals surface area contributed by atoms with E-state index in [2.05, 4.69) is 12.2 Å². The van der Waals surface area contributed by atoms with Crippen LogP contribution in [0.3, 0.4) is 0 Å². The van der Waals surface area contributed by atoms with Gasteiger partial charge in [0.1, 0.15) is 0 Å². The van der Waals surface area contributed by atoms with Gasteiger partial charge in [-0.15, -0.1) is 0 Å². The second-order valence-electron chi connectivity index (χ2n) is 2.30. The highest BCUT2D eigenvalue weighted by Gasteiger charge is 2.10. The molecule has 0 rings (SSSR count). The highest BCUT2D eigenvalue weighted by atomic mass is 35.5. The van der Waals surface area contributed by atoms with Crippen molar-refractivity contribution in [1.82, 2.24) is 5.32 Å². The summed E-state index contributed by atoms with van der Waals surface area (Å²) in [7, 11) is 0. The molecule has 0 aromatic heterocycles. The number of amides is 1. The second-order valence-corrected chi connectivity index (χ2v) is 2.68. The lowest BCUT2D eigenvalue weighted by molar-refractivity contribution is -0.123. The average Bonchev–Trinajstić information content (AvgIpc) is 1.97. The molecule has 1 unspecified atom stereocenters. The van der Waals surface area contributed by atoms with Gasteiger partial charge in [0.15, 0.2) is 0 Å². The van der Waals surface area contributed by atoms with E-state index < -0.39 is 11.5 Å². The summed E-state index contributed by atoms with van der Waals surface area (Å²) in [5, 5.41) is 2.37. The minimum absolute atomic E-state index is 0.514. The van der Waals surface area contributed by atoms with E-state index in [1.54, 1.807) is 0 Å². The number of hydrogen-bond donors (Lipinski definition) is 1. The van der Waals surface area contributed by atoms with Crippen LogP contribution in [0.1, 0.15) is 26.2 Å². The Morgan fingerprint density at radius 2 is 2.27 bits per heavy atom. The lowest BCUT2D eigenvalue weighted by Gasteiger charge is -2.02. The summed E-state index contributed by atoms with van der Waals surface area (Å²) in [6, 6.07) is 0. The van der Waals surface area contributed by atoms with E-state index in [1.165, 1.54) is 0 Å². The molecule has 1 N–H and O–H groups in total. The molecule has 0 aliphatic carbocycles. The Morgan fingerprint density at radius 3 is 2.73 bits per heavy atom. The first-order valence-corrected chi connectivity index (χ1v) is 4.18. The maximum absolute atomic E-state index is 12.0. The van der Waals surface area contributed by atoms with E-state index in [1.807, 2.05) is 0 Å². The van der Waals surface area contributed by atoms with Crippen molar-refractivity contribution in [1.29, 1.82) is 0 Å². The number of hydrogen-bond acceptors (Lipinski definition) is 1. The number of nitrogens with one attached hydrogen (secondary N) is 1. The standard InChI is InChI=1S/C7H13ClFNO/c1-2-3-4-5-10-7(11)6(8)9/h6H,2-5H2,1H3,(H,10,11). The molecule has 1 amide bonds. The van der Waals surface area contributed by atoms with Crippen LogP contribution in [0, 0.1) is 0 Å². The smallest absolute Gasteiger partial charge is 0.270 e. The summed E-state index contributed by atoms with van der Waals surface area (Å²) in [5.74, 6) is -0.734. The van der Waals surface area contributed by atoms with E-state index in [9.17, 15) is 9.18 Å². The summed E-state index contributed by atoms with van der Waals surface area (Å²) in [6.45, 7) is 2.57. The fraction of sp³-hybridized carbons (Fsp3) is 0.857. The number of rotatable bonds is 5. The van der Waals surface area contributed by atoms with Crippen molar-refractivity contribution in [2.24, 2.45) is 0 Å². The molecule has 0 bridgehead atoms. The fourth-order valence-corrected chi connectivity index (χ4v) is 0.741. The molecule has 0 saturated heterocycles. The minimum Gasteiger partial charge on any atom is -0.352 e. The van der Waals surface area contributed by atoms with Gasteiger partial charge in [0.05, 0.1) is 0 Å². The first-order valence-electron chi connectivity index (χ1n) is 3.74. The molecule has 0 saturated carbocycles. The van der Waals surface area contributed by atoms with Crippen LogP contribution in [0.4, 0.5) is 4.39 Å². The van der Waals surface area contributed by atoms with Crippen molar-refractivity contribution in [3.8, 4) is 0 Å². The Balaban J connectivity index is 3.18. The first-order chi connectivity index (χ1) is 5.18. The average molecular weight is 182 g/mol. The maximum Gasteiger partial charge on any atom is 0.270 e. The molecule has 11 heavy (non-hydrogen) atoms. The molecule has 0 aromatic rings. The summed E-state index contributed by atoms with van der Waals surface area (Å²) < 4.78 is 12.0. The Kier molecular flexibility index (Phi) is 6.22. The number of unbranched alkanes of at least 4 members (excludes halogenated alkanes) is 2. The zero-order valence-corrected chi connectivity index (χ0v) is 7.33. The molecule has 0 aliphatic heterocycles. The molecule has 0 aliphatic rings. The number of carbonyl (C=O) groups is 1. The van der Waals surface area contributed by atoms with Crippen LogP contribution < -0.4 is 5.32 Å². The van der Waals surface area contributed by atoms with Crippen molar-refractivity contribution < 1.29 is 9.18 Å². The summed E-state index contributed by atoms with van der Waals surface area (Å²) in [5.41, 5.74) is -1.91. The van der Waals surface area contributed by atoms with Crippen LogP contribution in [0.15, 0.2) is 0 Å². The second kappa shape index (κ2) is 6.40. The third-order valence-electron chi connectivity index (χ3n) is 1.28. The van der Waals surface area contributed by atoms with E-state index in [4.69, 9.17) is 11.6 Å². The molecule has 2 nitrogen and oxygen atoms in total. The lowest BCUT2D eigenvalue weighted by atomic mass is 10.2. The van der Waals surface area contributed by atoms with Crippen molar-refractivity contribution in [2.45, 2.75) is 31.8 Å². The van der Waals surface area contributed by atoms with Crippen LogP contribution in [0.25, 0.3) is 0 Å².